The van der Waals surface area contributed by atoms with Crippen molar-refractivity contribution in [3.8, 4) is 5.75 Å². The molecule has 2 amide bonds. The summed E-state index contributed by atoms with van der Waals surface area (Å²) in [6.07, 6.45) is 2.93. The summed E-state index contributed by atoms with van der Waals surface area (Å²) in [6, 6.07) is 5.54. The number of carbonyl (C=O) groups is 3. The van der Waals surface area contributed by atoms with Crippen molar-refractivity contribution in [2.24, 2.45) is 5.73 Å². The second kappa shape index (κ2) is 17.0. The lowest BCUT2D eigenvalue weighted by molar-refractivity contribution is -0.145. The van der Waals surface area contributed by atoms with Crippen LogP contribution in [0.4, 0.5) is 0 Å². The van der Waals surface area contributed by atoms with E-state index in [0.29, 0.717) is 32.3 Å². The molecule has 1 aromatic carbocycles. The molecule has 8 nitrogen and oxygen atoms in total. The van der Waals surface area contributed by atoms with Crippen molar-refractivity contribution in [3.63, 3.8) is 0 Å². The Balaban J connectivity index is 0.00000466. The molecule has 0 aliphatic rings. The average molecular weight is 452 g/mol. The quantitative estimate of drug-likeness (QED) is 0.313. The van der Waals surface area contributed by atoms with Crippen molar-refractivity contribution < 1.29 is 23.9 Å². The van der Waals surface area contributed by atoms with Crippen molar-refractivity contribution in [1.29, 1.82) is 0 Å². The molecule has 1 aromatic rings. The van der Waals surface area contributed by atoms with Gasteiger partial charge in [-0.15, -0.1) is 0 Å². The first-order valence-corrected chi connectivity index (χ1v) is 11.4. The molecule has 0 bridgehead atoms. The van der Waals surface area contributed by atoms with Crippen molar-refractivity contribution in [1.82, 2.24) is 10.6 Å². The Morgan fingerprint density at radius 2 is 1.56 bits per heavy atom. The van der Waals surface area contributed by atoms with Gasteiger partial charge < -0.3 is 25.8 Å². The van der Waals surface area contributed by atoms with Crippen LogP contribution in [0.3, 0.4) is 0 Å². The van der Waals surface area contributed by atoms with Crippen molar-refractivity contribution in [3.05, 3.63) is 29.8 Å². The lowest BCUT2D eigenvalue weighted by Gasteiger charge is -2.22. The molecule has 0 saturated heterocycles. The topological polar surface area (TPSA) is 120 Å². The second-order valence-corrected chi connectivity index (χ2v) is 7.38. The maximum Gasteiger partial charge on any atom is 0.328 e. The molecule has 1 rings (SSSR count). The third-order valence-electron chi connectivity index (χ3n) is 4.60. The molecule has 4 N–H and O–H groups in total. The highest BCUT2D eigenvalue weighted by Crippen LogP contribution is 2.12. The monoisotopic (exact) mass is 451 g/mol. The molecule has 8 heteroatoms. The summed E-state index contributed by atoms with van der Waals surface area (Å²) in [6.45, 7) is 9.97. The highest BCUT2D eigenvalue weighted by molar-refractivity contribution is 5.91. The Labute approximate surface area is 192 Å². The number of nitrogens with one attached hydrogen (secondary N) is 2. The van der Waals surface area contributed by atoms with E-state index in [1.54, 1.807) is 6.92 Å². The van der Waals surface area contributed by atoms with E-state index in [9.17, 15) is 14.4 Å². The number of carbonyl (C=O) groups excluding carboxylic acids is 3. The molecule has 0 saturated carbocycles. The summed E-state index contributed by atoms with van der Waals surface area (Å²) in [5, 5.41) is 5.33. The smallest absolute Gasteiger partial charge is 0.328 e. The minimum Gasteiger partial charge on any atom is -0.494 e. The summed E-state index contributed by atoms with van der Waals surface area (Å²) in [5.74, 6) is -0.550. The third kappa shape index (κ3) is 11.7. The van der Waals surface area contributed by atoms with Crippen LogP contribution < -0.4 is 21.1 Å². The Morgan fingerprint density at radius 3 is 2.09 bits per heavy atom. The predicted molar refractivity (Wildman–Crippen MR) is 126 cm³/mol. The van der Waals surface area contributed by atoms with Gasteiger partial charge in [0, 0.05) is 0 Å². The van der Waals surface area contributed by atoms with E-state index in [2.05, 4.69) is 10.6 Å². The number of methoxy groups -OCH3 is 1. The summed E-state index contributed by atoms with van der Waals surface area (Å²) >= 11 is 0. The first kappa shape index (κ1) is 29.4. The van der Waals surface area contributed by atoms with Crippen LogP contribution >= 0.6 is 0 Å². The van der Waals surface area contributed by atoms with E-state index < -0.39 is 35.9 Å². The largest absolute Gasteiger partial charge is 0.494 e. The fraction of sp³-hybridized carbons (Fsp3) is 0.625. The second-order valence-electron chi connectivity index (χ2n) is 7.38. The summed E-state index contributed by atoms with van der Waals surface area (Å²) < 4.78 is 10.5. The van der Waals surface area contributed by atoms with Gasteiger partial charge in [0.05, 0.1) is 19.8 Å². The van der Waals surface area contributed by atoms with Crippen LogP contribution in [0.5, 0.6) is 5.75 Å². The van der Waals surface area contributed by atoms with Crippen LogP contribution in [0.25, 0.3) is 0 Å². The molecule has 0 heterocycles. The number of ether oxygens (including phenoxy) is 2. The molecule has 0 spiro atoms. The van der Waals surface area contributed by atoms with Gasteiger partial charge in [-0.25, -0.2) is 4.79 Å². The SMILES string of the molecule is CC.CCCC(NC(=O)[C@H](C)N)C(=O)N[C@@H](CCCCOc1ccc(C)cc1)C(=O)OC. The fourth-order valence-corrected chi connectivity index (χ4v) is 2.80. The zero-order valence-corrected chi connectivity index (χ0v) is 20.4. The Bertz CT molecular complexity index is 677. The van der Waals surface area contributed by atoms with E-state index in [1.165, 1.54) is 7.11 Å². The highest BCUT2D eigenvalue weighted by Gasteiger charge is 2.27. The van der Waals surface area contributed by atoms with E-state index >= 15 is 0 Å². The van der Waals surface area contributed by atoms with Crippen LogP contribution in [0.2, 0.25) is 0 Å². The third-order valence-corrected chi connectivity index (χ3v) is 4.60. The first-order valence-electron chi connectivity index (χ1n) is 11.4. The number of esters is 1. The number of hydrogen-bond acceptors (Lipinski definition) is 6. The van der Waals surface area contributed by atoms with Crippen molar-refractivity contribution in [2.75, 3.05) is 13.7 Å². The van der Waals surface area contributed by atoms with Crippen molar-refractivity contribution in [2.45, 2.75) is 84.8 Å². The van der Waals surface area contributed by atoms with Gasteiger partial charge in [-0.2, -0.15) is 0 Å². The number of rotatable bonds is 13. The van der Waals surface area contributed by atoms with E-state index in [0.717, 1.165) is 17.7 Å². The number of aryl methyl sites for hydroxylation is 1. The van der Waals surface area contributed by atoms with Crippen LogP contribution in [0.15, 0.2) is 24.3 Å². The number of hydrogen-bond donors (Lipinski definition) is 3. The maximum atomic E-state index is 12.6. The van der Waals surface area contributed by atoms with Crippen molar-refractivity contribution >= 4 is 17.8 Å². The zero-order chi connectivity index (χ0) is 24.5. The molecular weight excluding hydrogens is 410 g/mol. The number of nitrogens with two attached hydrogens (primary N) is 1. The molecular formula is C24H41N3O5. The molecule has 32 heavy (non-hydrogen) atoms. The van der Waals surface area contributed by atoms with E-state index in [-0.39, 0.29) is 0 Å². The van der Waals surface area contributed by atoms with Gasteiger partial charge in [0.15, 0.2) is 0 Å². The molecule has 0 aliphatic carbocycles. The molecule has 0 radical (unpaired) electrons. The summed E-state index contributed by atoms with van der Waals surface area (Å²) in [5.41, 5.74) is 6.73. The van der Waals surface area contributed by atoms with Gasteiger partial charge in [-0.05, 0) is 51.7 Å². The van der Waals surface area contributed by atoms with E-state index in [4.69, 9.17) is 15.2 Å². The minimum absolute atomic E-state index is 0.411. The van der Waals surface area contributed by atoms with Gasteiger partial charge in [0.2, 0.25) is 11.8 Å². The highest BCUT2D eigenvalue weighted by atomic mass is 16.5. The fourth-order valence-electron chi connectivity index (χ4n) is 2.80. The molecule has 1 unspecified atom stereocenters. The first-order chi connectivity index (χ1) is 15.3. The average Bonchev–Trinajstić information content (AvgIpc) is 2.79. The van der Waals surface area contributed by atoms with Crippen LogP contribution in [0, 0.1) is 6.92 Å². The van der Waals surface area contributed by atoms with Gasteiger partial charge in [-0.3, -0.25) is 9.59 Å². The van der Waals surface area contributed by atoms with Crippen LogP contribution in [-0.4, -0.2) is 49.6 Å². The molecule has 3 atom stereocenters. The Hall–Kier alpha value is -2.61. The summed E-state index contributed by atoms with van der Waals surface area (Å²) in [7, 11) is 1.28. The Kier molecular flexibility index (Phi) is 15.6. The lowest BCUT2D eigenvalue weighted by atomic mass is 10.1. The zero-order valence-electron chi connectivity index (χ0n) is 20.4. The molecule has 0 aromatic heterocycles. The summed E-state index contributed by atoms with van der Waals surface area (Å²) in [4.78, 5) is 36.6. The molecule has 0 aliphatic heterocycles. The van der Waals surface area contributed by atoms with Gasteiger partial charge in [0.25, 0.3) is 0 Å². The minimum atomic E-state index is -0.784. The lowest BCUT2D eigenvalue weighted by Crippen LogP contribution is -2.54. The number of benzene rings is 1. The predicted octanol–water partition coefficient (Wildman–Crippen LogP) is 2.86. The van der Waals surface area contributed by atoms with Crippen LogP contribution in [0.1, 0.15) is 65.4 Å². The maximum absolute atomic E-state index is 12.6. The van der Waals surface area contributed by atoms with Crippen LogP contribution in [-0.2, 0) is 19.1 Å². The van der Waals surface area contributed by atoms with Gasteiger partial charge in [0.1, 0.15) is 17.8 Å². The number of unbranched alkanes of at least 4 members (excludes halogenated alkanes) is 1. The van der Waals surface area contributed by atoms with Gasteiger partial charge >= 0.3 is 5.97 Å². The van der Waals surface area contributed by atoms with Gasteiger partial charge in [-0.1, -0.05) is 44.9 Å². The normalized spacial score (nSPS) is 13.0. The molecule has 0 fully saturated rings. The van der Waals surface area contributed by atoms with E-state index in [1.807, 2.05) is 52.0 Å². The Morgan fingerprint density at radius 1 is 0.969 bits per heavy atom. The molecule has 182 valence electrons. The number of amides is 2. The standard InChI is InChI=1S/C22H35N3O5.C2H6/c1-5-8-18(24-20(26)16(3)23)21(27)25-19(22(28)29-4)9-6-7-14-30-17-12-10-15(2)11-13-17;1-2/h10-13,16,18-19H,5-9,14,23H2,1-4H3,(H,24,26)(H,25,27);1-2H3/t16-,18?,19-;/m0./s1.